The Labute approximate surface area is 176 Å². The Morgan fingerprint density at radius 3 is 2.33 bits per heavy atom. The van der Waals surface area contributed by atoms with Gasteiger partial charge in [-0.2, -0.15) is 0 Å². The van der Waals surface area contributed by atoms with Gasteiger partial charge in [-0.1, -0.05) is 17.2 Å². The summed E-state index contributed by atoms with van der Waals surface area (Å²) < 4.78 is 18.9. The number of hydrogen-bond acceptors (Lipinski definition) is 4. The molecule has 2 aromatic rings. The molecule has 0 bridgehead atoms. The van der Waals surface area contributed by atoms with Gasteiger partial charge < -0.3 is 15.0 Å². The molecule has 2 aromatic carbocycles. The predicted octanol–water partition coefficient (Wildman–Crippen LogP) is 2.53. The summed E-state index contributed by atoms with van der Waals surface area (Å²) in [5.41, 5.74) is 3.38. The first kappa shape index (κ1) is 21.8. The first-order valence-electron chi connectivity index (χ1n) is 10.0. The van der Waals surface area contributed by atoms with Crippen molar-refractivity contribution in [1.29, 1.82) is 0 Å². The van der Waals surface area contributed by atoms with Gasteiger partial charge in [0.1, 0.15) is 11.6 Å². The zero-order valence-corrected chi connectivity index (χ0v) is 17.7. The van der Waals surface area contributed by atoms with E-state index in [0.717, 1.165) is 16.7 Å². The van der Waals surface area contributed by atoms with E-state index in [2.05, 4.69) is 10.2 Å². The second-order valence-electron chi connectivity index (χ2n) is 7.67. The first-order chi connectivity index (χ1) is 14.4. The van der Waals surface area contributed by atoms with E-state index in [-0.39, 0.29) is 24.2 Å². The SMILES string of the molecule is COc1ccc(F)cc1CN1CCN(C(=O)CNC(=O)c2cc(C)cc(C)c2)CC1. The summed E-state index contributed by atoms with van der Waals surface area (Å²) in [6.07, 6.45) is 0. The van der Waals surface area contributed by atoms with Crippen molar-refractivity contribution in [1.82, 2.24) is 15.1 Å². The smallest absolute Gasteiger partial charge is 0.251 e. The van der Waals surface area contributed by atoms with Crippen LogP contribution in [-0.4, -0.2) is 61.4 Å². The van der Waals surface area contributed by atoms with E-state index in [0.29, 0.717) is 44.0 Å². The summed E-state index contributed by atoms with van der Waals surface area (Å²) in [7, 11) is 1.57. The van der Waals surface area contributed by atoms with Crippen molar-refractivity contribution >= 4 is 11.8 Å². The number of methoxy groups -OCH3 is 1. The number of nitrogens with zero attached hydrogens (tertiary/aromatic N) is 2. The molecule has 0 saturated carbocycles. The quantitative estimate of drug-likeness (QED) is 0.791. The standard InChI is InChI=1S/C23H28FN3O3/c1-16-10-17(2)12-18(11-16)23(29)25-14-22(28)27-8-6-26(7-9-27)15-19-13-20(24)4-5-21(19)30-3/h4-5,10-13H,6-9,14-15H2,1-3H3,(H,25,29). The molecular weight excluding hydrogens is 385 g/mol. The van der Waals surface area contributed by atoms with Crippen LogP contribution in [-0.2, 0) is 11.3 Å². The topological polar surface area (TPSA) is 61.9 Å². The van der Waals surface area contributed by atoms with Crippen LogP contribution < -0.4 is 10.1 Å². The van der Waals surface area contributed by atoms with Gasteiger partial charge in [0, 0.05) is 43.9 Å². The molecule has 1 aliphatic rings. The zero-order chi connectivity index (χ0) is 21.7. The van der Waals surface area contributed by atoms with Crippen LogP contribution in [0, 0.1) is 19.7 Å². The maximum Gasteiger partial charge on any atom is 0.251 e. The normalized spacial score (nSPS) is 14.5. The summed E-state index contributed by atoms with van der Waals surface area (Å²) in [6.45, 7) is 6.90. The lowest BCUT2D eigenvalue weighted by atomic mass is 10.1. The molecule has 0 aromatic heterocycles. The second kappa shape index (κ2) is 9.71. The summed E-state index contributed by atoms with van der Waals surface area (Å²) in [6, 6.07) is 10.1. The van der Waals surface area contributed by atoms with Crippen molar-refractivity contribution in [3.8, 4) is 5.75 Å². The molecule has 3 rings (SSSR count). The van der Waals surface area contributed by atoms with E-state index in [4.69, 9.17) is 4.74 Å². The number of ether oxygens (including phenoxy) is 1. The van der Waals surface area contributed by atoms with Crippen molar-refractivity contribution in [3.05, 3.63) is 64.5 Å². The summed E-state index contributed by atoms with van der Waals surface area (Å²) in [5, 5.41) is 2.72. The van der Waals surface area contributed by atoms with Gasteiger partial charge in [0.05, 0.1) is 13.7 Å². The molecule has 0 aliphatic carbocycles. The Balaban J connectivity index is 1.48. The number of rotatable bonds is 6. The van der Waals surface area contributed by atoms with Crippen molar-refractivity contribution in [2.24, 2.45) is 0 Å². The summed E-state index contributed by atoms with van der Waals surface area (Å²) in [4.78, 5) is 28.8. The molecule has 0 unspecified atom stereocenters. The Kier molecular flexibility index (Phi) is 7.05. The highest BCUT2D eigenvalue weighted by atomic mass is 19.1. The average Bonchev–Trinajstić information content (AvgIpc) is 2.72. The maximum atomic E-state index is 13.6. The Bertz CT molecular complexity index is 904. The van der Waals surface area contributed by atoms with Crippen LogP contribution in [0.1, 0.15) is 27.0 Å². The van der Waals surface area contributed by atoms with Gasteiger partial charge >= 0.3 is 0 Å². The second-order valence-corrected chi connectivity index (χ2v) is 7.67. The third-order valence-electron chi connectivity index (χ3n) is 5.25. The van der Waals surface area contributed by atoms with Crippen LogP contribution in [0.25, 0.3) is 0 Å². The minimum Gasteiger partial charge on any atom is -0.496 e. The lowest BCUT2D eigenvalue weighted by molar-refractivity contribution is -0.131. The minimum atomic E-state index is -0.292. The maximum absolute atomic E-state index is 13.6. The highest BCUT2D eigenvalue weighted by Crippen LogP contribution is 2.21. The highest BCUT2D eigenvalue weighted by Gasteiger charge is 2.22. The summed E-state index contributed by atoms with van der Waals surface area (Å²) >= 11 is 0. The van der Waals surface area contributed by atoms with E-state index >= 15 is 0 Å². The lowest BCUT2D eigenvalue weighted by Gasteiger charge is -2.35. The van der Waals surface area contributed by atoms with Gasteiger partial charge in [-0.15, -0.1) is 0 Å². The fourth-order valence-corrected chi connectivity index (χ4v) is 3.74. The third-order valence-corrected chi connectivity index (χ3v) is 5.25. The van der Waals surface area contributed by atoms with E-state index in [1.165, 1.54) is 12.1 Å². The van der Waals surface area contributed by atoms with Crippen molar-refractivity contribution in [2.75, 3.05) is 39.8 Å². The average molecular weight is 413 g/mol. The Morgan fingerprint density at radius 2 is 1.70 bits per heavy atom. The van der Waals surface area contributed by atoms with Crippen molar-refractivity contribution in [3.63, 3.8) is 0 Å². The van der Waals surface area contributed by atoms with E-state index in [1.54, 1.807) is 18.1 Å². The van der Waals surface area contributed by atoms with Crippen LogP contribution in [0.2, 0.25) is 0 Å². The van der Waals surface area contributed by atoms with Gasteiger partial charge in [0.25, 0.3) is 5.91 Å². The van der Waals surface area contributed by atoms with Crippen molar-refractivity contribution in [2.45, 2.75) is 20.4 Å². The molecule has 30 heavy (non-hydrogen) atoms. The van der Waals surface area contributed by atoms with Gasteiger partial charge in [-0.3, -0.25) is 14.5 Å². The molecule has 160 valence electrons. The van der Waals surface area contributed by atoms with Crippen LogP contribution in [0.5, 0.6) is 5.75 Å². The number of hydrogen-bond donors (Lipinski definition) is 1. The number of halogens is 1. The number of benzene rings is 2. The molecule has 0 atom stereocenters. The van der Waals surface area contributed by atoms with Gasteiger partial charge in [0.15, 0.2) is 0 Å². The van der Waals surface area contributed by atoms with Crippen LogP contribution in [0.3, 0.4) is 0 Å². The molecule has 0 spiro atoms. The molecule has 1 saturated heterocycles. The van der Waals surface area contributed by atoms with Crippen LogP contribution in [0.15, 0.2) is 36.4 Å². The number of amides is 2. The van der Waals surface area contributed by atoms with Crippen molar-refractivity contribution < 1.29 is 18.7 Å². The Hall–Kier alpha value is -2.93. The number of carbonyl (C=O) groups is 2. The molecule has 7 heteroatoms. The molecule has 1 heterocycles. The predicted molar refractivity (Wildman–Crippen MR) is 113 cm³/mol. The highest BCUT2D eigenvalue weighted by molar-refractivity contribution is 5.96. The fourth-order valence-electron chi connectivity index (χ4n) is 3.74. The number of carbonyl (C=O) groups excluding carboxylic acids is 2. The number of nitrogens with one attached hydrogen (secondary N) is 1. The molecule has 1 aliphatic heterocycles. The minimum absolute atomic E-state index is 0.0243. The molecule has 1 N–H and O–H groups in total. The molecular formula is C23H28FN3O3. The van der Waals surface area contributed by atoms with Crippen LogP contribution >= 0.6 is 0 Å². The van der Waals surface area contributed by atoms with Gasteiger partial charge in [-0.05, 0) is 44.2 Å². The monoisotopic (exact) mass is 413 g/mol. The van der Waals surface area contributed by atoms with E-state index in [9.17, 15) is 14.0 Å². The largest absolute Gasteiger partial charge is 0.496 e. The third kappa shape index (κ3) is 5.57. The van der Waals surface area contributed by atoms with Crippen LogP contribution in [0.4, 0.5) is 4.39 Å². The lowest BCUT2D eigenvalue weighted by Crippen LogP contribution is -2.50. The Morgan fingerprint density at radius 1 is 1.03 bits per heavy atom. The first-order valence-corrected chi connectivity index (χ1v) is 10.0. The number of aryl methyl sites for hydroxylation is 2. The van der Waals surface area contributed by atoms with Gasteiger partial charge in [-0.25, -0.2) is 4.39 Å². The molecule has 0 radical (unpaired) electrons. The van der Waals surface area contributed by atoms with E-state index in [1.807, 2.05) is 32.0 Å². The molecule has 6 nitrogen and oxygen atoms in total. The number of piperazine rings is 1. The zero-order valence-electron chi connectivity index (χ0n) is 17.7. The molecule has 2 amide bonds. The van der Waals surface area contributed by atoms with E-state index < -0.39 is 0 Å². The fraction of sp³-hybridized carbons (Fsp3) is 0.391. The summed E-state index contributed by atoms with van der Waals surface area (Å²) in [5.74, 6) is 0.0193. The van der Waals surface area contributed by atoms with Gasteiger partial charge in [0.2, 0.25) is 5.91 Å². The molecule has 1 fully saturated rings.